The van der Waals surface area contributed by atoms with Gasteiger partial charge in [0.05, 0.1) is 16.2 Å². The molecule has 1 unspecified atom stereocenters. The molecule has 1 aromatic carbocycles. The van der Waals surface area contributed by atoms with E-state index in [0.29, 0.717) is 82.3 Å². The second kappa shape index (κ2) is 48.1. The zero-order chi connectivity index (χ0) is 87.1. The maximum Gasteiger partial charge on any atom is 0.394 e. The Hall–Kier alpha value is -1.41. The smallest absolute Gasteiger partial charge is 0.171 e. The summed E-state index contributed by atoms with van der Waals surface area (Å²) in [6, 6.07) is 8.48. The Bertz CT molecular complexity index is 2420. The summed E-state index contributed by atoms with van der Waals surface area (Å²) in [6.07, 6.45) is 27.7. The highest BCUT2D eigenvalue weighted by atomic mass is 19.4. The summed E-state index contributed by atoms with van der Waals surface area (Å²) in [5.74, 6) is 7.74. The fourth-order valence-electron chi connectivity index (χ4n) is 20.3. The van der Waals surface area contributed by atoms with E-state index in [1.807, 2.05) is 34.6 Å². The van der Waals surface area contributed by atoms with Gasteiger partial charge >= 0.3 is 18.5 Å². The van der Waals surface area contributed by atoms with Crippen LogP contribution in [0.25, 0.3) is 0 Å². The largest absolute Gasteiger partial charge is 0.394 e. The van der Waals surface area contributed by atoms with Gasteiger partial charge in [0, 0.05) is 0 Å². The quantitative estimate of drug-likeness (QED) is 0.216. The van der Waals surface area contributed by atoms with Crippen molar-refractivity contribution in [1.29, 1.82) is 0 Å². The Morgan fingerprint density at radius 3 is 0.910 bits per heavy atom. The van der Waals surface area contributed by atoms with E-state index in [-0.39, 0.29) is 24.7 Å². The van der Waals surface area contributed by atoms with Crippen molar-refractivity contribution < 1.29 is 39.5 Å². The van der Waals surface area contributed by atoms with Crippen molar-refractivity contribution in [3.05, 3.63) is 35.4 Å². The van der Waals surface area contributed by atoms with Crippen LogP contribution in [0.15, 0.2) is 24.3 Å². The van der Waals surface area contributed by atoms with E-state index in [9.17, 15) is 39.5 Å². The molecule has 9 rings (SSSR count). The molecule has 8 aliphatic rings. The van der Waals surface area contributed by atoms with Crippen LogP contribution in [0.1, 0.15) is 478 Å². The van der Waals surface area contributed by atoms with Crippen molar-refractivity contribution in [3.8, 4) is 0 Å². The molecule has 8 fully saturated rings. The highest BCUT2D eigenvalue weighted by Gasteiger charge is 2.56. The zero-order valence-corrected chi connectivity index (χ0v) is 80.9. The molecule has 0 nitrogen and oxygen atoms in total. The molecular formula is C102H193F9. The molecule has 0 aromatic heterocycles. The monoisotopic (exact) mass is 1590 g/mol. The lowest BCUT2D eigenvalue weighted by molar-refractivity contribution is -0.232. The van der Waals surface area contributed by atoms with Crippen molar-refractivity contribution in [2.75, 3.05) is 0 Å². The molecule has 664 valence electrons. The average Bonchev–Trinajstić information content (AvgIpc) is 1.35. The molecule has 0 N–H and O–H groups in total. The predicted molar refractivity (Wildman–Crippen MR) is 474 cm³/mol. The third-order valence-electron chi connectivity index (χ3n) is 30.0. The van der Waals surface area contributed by atoms with Gasteiger partial charge in [0.2, 0.25) is 0 Å². The van der Waals surface area contributed by atoms with Gasteiger partial charge in [-0.2, -0.15) is 39.5 Å². The number of hydrogen-bond acceptors (Lipinski definition) is 0. The summed E-state index contributed by atoms with van der Waals surface area (Å²) < 4.78 is 112. The Balaban J connectivity index is 0. The van der Waals surface area contributed by atoms with Gasteiger partial charge in [-0.25, -0.2) is 0 Å². The lowest BCUT2D eigenvalue weighted by atomic mass is 9.51. The van der Waals surface area contributed by atoms with Crippen LogP contribution in [-0.4, -0.2) is 18.5 Å². The molecule has 9 heteroatoms. The van der Waals surface area contributed by atoms with Crippen LogP contribution in [0.4, 0.5) is 39.5 Å². The second-order valence-corrected chi connectivity index (χ2v) is 45.5. The third-order valence-corrected chi connectivity index (χ3v) is 30.0. The summed E-state index contributed by atoms with van der Waals surface area (Å²) >= 11 is 0. The molecule has 2 spiro atoms. The Morgan fingerprint density at radius 2 is 0.649 bits per heavy atom. The molecule has 111 heavy (non-hydrogen) atoms. The molecular weight excluding hydrogens is 1400 g/mol. The number of aryl methyl sites for hydroxylation is 2. The first-order chi connectivity index (χ1) is 50.3. The van der Waals surface area contributed by atoms with E-state index in [1.54, 1.807) is 6.92 Å². The molecule has 1 atom stereocenters. The number of alkyl halides is 9. The fraction of sp³-hybridized carbons (Fsp3) is 0.941. The van der Waals surface area contributed by atoms with Crippen LogP contribution >= 0.6 is 0 Å². The van der Waals surface area contributed by atoms with E-state index in [1.165, 1.54) is 173 Å². The lowest BCUT2D eigenvalue weighted by Gasteiger charge is -2.54. The van der Waals surface area contributed by atoms with Gasteiger partial charge < -0.3 is 0 Å². The van der Waals surface area contributed by atoms with E-state index in [0.717, 1.165) is 78.4 Å². The first-order valence-electron chi connectivity index (χ1n) is 46.5. The van der Waals surface area contributed by atoms with E-state index >= 15 is 0 Å². The number of rotatable bonds is 9. The molecule has 0 aliphatic heterocycles. The Kier molecular flexibility index (Phi) is 48.4. The number of halogens is 9. The topological polar surface area (TPSA) is 0 Å². The van der Waals surface area contributed by atoms with E-state index in [2.05, 4.69) is 218 Å². The molecule has 0 radical (unpaired) electrons. The van der Waals surface area contributed by atoms with Gasteiger partial charge in [-0.3, -0.25) is 0 Å². The van der Waals surface area contributed by atoms with Crippen LogP contribution in [-0.2, 0) is 0 Å². The van der Waals surface area contributed by atoms with Crippen molar-refractivity contribution in [3.63, 3.8) is 0 Å². The highest BCUT2D eigenvalue weighted by Crippen LogP contribution is 2.61. The van der Waals surface area contributed by atoms with Gasteiger partial charge in [0.1, 0.15) is 0 Å². The SMILES string of the molecule is CC.CC(C)C(C)C(C)C.CC1(C)CCC(C)(C(F)(F)F)CC1.CC1C(C)(C)CC(C)(C)CC1(C)C.CC1CCC(C)(C(F)(F)F)CC1.CC1CCC2(CC1)CC(C)(C)CC(C)(C)C2.CC1CCC2(CC1)CCC(C)(C)CC2.CCC(C)CC.CCC1(C(F)(F)F)CCCC1.CCCCC(C)CC.Cc1ccc(C)cc1. The van der Waals surface area contributed by atoms with Crippen LogP contribution in [0, 0.1) is 132 Å². The van der Waals surface area contributed by atoms with Crippen LogP contribution in [0.3, 0.4) is 0 Å². The summed E-state index contributed by atoms with van der Waals surface area (Å²) in [7, 11) is 0. The predicted octanol–water partition coefficient (Wildman–Crippen LogP) is 38.1. The van der Waals surface area contributed by atoms with E-state index in [4.69, 9.17) is 0 Å². The number of unbranched alkanes of at least 4 members (excludes halogenated alkanes) is 1. The Labute approximate surface area is 688 Å². The molecule has 0 bridgehead atoms. The molecule has 0 heterocycles. The van der Waals surface area contributed by atoms with Crippen molar-refractivity contribution in [2.45, 2.75) is 499 Å². The standard InChI is InChI=1S/C16H30.C14H26.C13H26.C10H17F3.C9H15F3.C8H13F3.C8H10.2C8H18.C6H14.C2H6/c1-13-6-8-16(9-7-13)11-14(2,3)10-15(4,5)12-16;1-12-4-6-14(7-5-12)10-8-13(2,3)9-11-14;1-10-12(4,5)8-11(2,3)9-13(10,6)7;1-8(2)4-6-9(3,7-5-8)10(11,12)13;1-7-3-5-8(2,6-4-7)9(10,11)12;1-2-7(8(9,10)11)5-3-4-6-7;1-7-3-5-8(2)6-4-7;1-6(2)8(5)7(3)4;1-4-6-7-8(3)5-2;1-4-6(3)5-2;1-2/h13H,6-12H2,1-5H3;12H,4-11H2,1-3H3;10H,8-9H2,1-7H3;4-7H2,1-3H3;7H,3-6H2,1-2H3;2-6H2,1H3;3-6H,1-2H3;6-8H,1-5H3;8H,4-7H2,1-3H3;6H,4-5H2,1-3H3;1-2H3. The minimum absolute atomic E-state index is 0.102. The van der Waals surface area contributed by atoms with Gasteiger partial charge in [-0.1, -0.05) is 348 Å². The van der Waals surface area contributed by atoms with Crippen LogP contribution in [0.2, 0.25) is 0 Å². The van der Waals surface area contributed by atoms with Crippen molar-refractivity contribution in [1.82, 2.24) is 0 Å². The molecule has 8 saturated carbocycles. The molecule has 1 aromatic rings. The first-order valence-corrected chi connectivity index (χ1v) is 46.5. The van der Waals surface area contributed by atoms with Crippen molar-refractivity contribution in [2.24, 2.45) is 118 Å². The first kappa shape index (κ1) is 112. The van der Waals surface area contributed by atoms with Gasteiger partial charge in [-0.15, -0.1) is 0 Å². The summed E-state index contributed by atoms with van der Waals surface area (Å²) in [5.41, 5.74) is 3.43. The molecule has 0 saturated heterocycles. The van der Waals surface area contributed by atoms with Gasteiger partial charge in [-0.05, 0) is 270 Å². The van der Waals surface area contributed by atoms with Crippen LogP contribution in [0.5, 0.6) is 0 Å². The third kappa shape index (κ3) is 41.9. The maximum atomic E-state index is 12.6. The molecule has 0 amide bonds. The number of benzene rings is 1. The fourth-order valence-corrected chi connectivity index (χ4v) is 20.3. The Morgan fingerprint density at radius 1 is 0.351 bits per heavy atom. The summed E-state index contributed by atoms with van der Waals surface area (Å²) in [5, 5.41) is 0. The normalized spacial score (nSPS) is 25.3. The summed E-state index contributed by atoms with van der Waals surface area (Å²) in [4.78, 5) is 0. The highest BCUT2D eigenvalue weighted by molar-refractivity contribution is 5.19. The lowest BCUT2D eigenvalue weighted by Crippen LogP contribution is -2.45. The second-order valence-electron chi connectivity index (χ2n) is 45.5. The minimum atomic E-state index is -4.02. The van der Waals surface area contributed by atoms with E-state index < -0.39 is 34.8 Å². The molecule has 8 aliphatic carbocycles. The van der Waals surface area contributed by atoms with Crippen molar-refractivity contribution >= 4 is 0 Å². The van der Waals surface area contributed by atoms with Gasteiger partial charge in [0.15, 0.2) is 0 Å². The number of hydrogen-bond donors (Lipinski definition) is 0. The average molecular weight is 1590 g/mol. The minimum Gasteiger partial charge on any atom is -0.171 e. The summed E-state index contributed by atoms with van der Waals surface area (Å²) in [6.45, 7) is 80.4. The van der Waals surface area contributed by atoms with Gasteiger partial charge in [0.25, 0.3) is 0 Å². The maximum absolute atomic E-state index is 12.6. The zero-order valence-electron chi connectivity index (χ0n) is 80.9. The van der Waals surface area contributed by atoms with Crippen LogP contribution < -0.4 is 0 Å².